The van der Waals surface area contributed by atoms with Crippen molar-refractivity contribution in [2.75, 3.05) is 14.2 Å². The molecule has 0 unspecified atom stereocenters. The van der Waals surface area contributed by atoms with Crippen molar-refractivity contribution in [1.82, 2.24) is 5.32 Å². The van der Waals surface area contributed by atoms with Gasteiger partial charge >= 0.3 is 0 Å². The molecule has 22 heavy (non-hydrogen) atoms. The minimum Gasteiger partial charge on any atom is -0.497 e. The van der Waals surface area contributed by atoms with E-state index in [1.807, 2.05) is 0 Å². The highest BCUT2D eigenvalue weighted by Crippen LogP contribution is 2.22. The van der Waals surface area contributed by atoms with Crippen LogP contribution in [-0.2, 0) is 6.54 Å². The van der Waals surface area contributed by atoms with E-state index >= 15 is 0 Å². The van der Waals surface area contributed by atoms with Crippen molar-refractivity contribution >= 4 is 21.8 Å². The van der Waals surface area contributed by atoms with Crippen LogP contribution in [0.15, 0.2) is 40.9 Å². The first-order chi connectivity index (χ1) is 10.5. The van der Waals surface area contributed by atoms with Crippen LogP contribution in [0.5, 0.6) is 11.5 Å². The minimum absolute atomic E-state index is 0.217. The fraction of sp³-hybridized carbons (Fsp3) is 0.188. The summed E-state index contributed by atoms with van der Waals surface area (Å²) in [6, 6.07) is 9.38. The molecule has 0 radical (unpaired) electrons. The molecular weight excluding hydrogens is 353 g/mol. The number of hydrogen-bond acceptors (Lipinski definition) is 3. The maximum atomic E-state index is 13.3. The maximum absolute atomic E-state index is 13.3. The zero-order valence-corrected chi connectivity index (χ0v) is 13.7. The number of halogens is 2. The molecule has 0 aliphatic heterocycles. The fourth-order valence-corrected chi connectivity index (χ4v) is 2.45. The third-order valence-corrected chi connectivity index (χ3v) is 3.45. The van der Waals surface area contributed by atoms with Crippen molar-refractivity contribution in [3.63, 3.8) is 0 Å². The average molecular weight is 368 g/mol. The number of carbonyl (C=O) groups is 1. The van der Waals surface area contributed by atoms with Crippen molar-refractivity contribution < 1.29 is 18.7 Å². The largest absolute Gasteiger partial charge is 0.497 e. The zero-order chi connectivity index (χ0) is 16.1. The molecule has 0 saturated carbocycles. The maximum Gasteiger partial charge on any atom is 0.251 e. The highest BCUT2D eigenvalue weighted by molar-refractivity contribution is 9.10. The van der Waals surface area contributed by atoms with E-state index in [0.717, 1.165) is 0 Å². The molecule has 1 N–H and O–H groups in total. The summed E-state index contributed by atoms with van der Waals surface area (Å²) in [7, 11) is 3.03. The molecule has 0 fully saturated rings. The van der Waals surface area contributed by atoms with Gasteiger partial charge in [0.25, 0.3) is 5.91 Å². The monoisotopic (exact) mass is 367 g/mol. The summed E-state index contributed by atoms with van der Waals surface area (Å²) in [4.78, 5) is 12.2. The number of ether oxygens (including phenoxy) is 2. The molecule has 1 amide bonds. The molecule has 0 atom stereocenters. The van der Waals surface area contributed by atoms with Crippen molar-refractivity contribution in [1.29, 1.82) is 0 Å². The van der Waals surface area contributed by atoms with Gasteiger partial charge in [-0.15, -0.1) is 0 Å². The van der Waals surface area contributed by atoms with E-state index in [-0.39, 0.29) is 18.3 Å². The Hall–Kier alpha value is -2.08. The van der Waals surface area contributed by atoms with Crippen molar-refractivity contribution in [2.45, 2.75) is 6.54 Å². The second-order valence-corrected chi connectivity index (χ2v) is 5.48. The highest BCUT2D eigenvalue weighted by Gasteiger charge is 2.10. The number of carbonyl (C=O) groups excluding carboxylic acids is 1. The van der Waals surface area contributed by atoms with E-state index in [9.17, 15) is 9.18 Å². The summed E-state index contributed by atoms with van der Waals surface area (Å²) in [5.74, 6) is 0.398. The molecule has 6 heteroatoms. The number of methoxy groups -OCH3 is 2. The molecule has 0 bridgehead atoms. The Bertz CT molecular complexity index is 649. The van der Waals surface area contributed by atoms with Crippen LogP contribution in [0.4, 0.5) is 4.39 Å². The van der Waals surface area contributed by atoms with Gasteiger partial charge in [0.2, 0.25) is 0 Å². The second-order valence-electron chi connectivity index (χ2n) is 4.56. The normalized spacial score (nSPS) is 10.2. The molecule has 4 nitrogen and oxygen atoms in total. The Balaban J connectivity index is 2.12. The first kappa shape index (κ1) is 16.3. The van der Waals surface area contributed by atoms with Gasteiger partial charge in [0, 0.05) is 22.6 Å². The number of amides is 1. The van der Waals surface area contributed by atoms with Crippen LogP contribution in [0, 0.1) is 5.82 Å². The second kappa shape index (κ2) is 7.26. The molecule has 0 aliphatic carbocycles. The number of benzene rings is 2. The Morgan fingerprint density at radius 3 is 2.27 bits per heavy atom. The molecule has 2 aromatic carbocycles. The summed E-state index contributed by atoms with van der Waals surface area (Å²) in [6.07, 6.45) is 0. The molecule has 2 rings (SSSR count). The van der Waals surface area contributed by atoms with Gasteiger partial charge in [-0.2, -0.15) is 0 Å². The van der Waals surface area contributed by atoms with Crippen LogP contribution in [0.2, 0.25) is 0 Å². The summed E-state index contributed by atoms with van der Waals surface area (Å²) in [5.41, 5.74) is 1.07. The van der Waals surface area contributed by atoms with E-state index in [2.05, 4.69) is 21.2 Å². The quantitative estimate of drug-likeness (QED) is 0.879. The van der Waals surface area contributed by atoms with Gasteiger partial charge in [-0.3, -0.25) is 4.79 Å². The lowest BCUT2D eigenvalue weighted by Gasteiger charge is -2.09. The van der Waals surface area contributed by atoms with Gasteiger partial charge < -0.3 is 14.8 Å². The van der Waals surface area contributed by atoms with E-state index < -0.39 is 0 Å². The zero-order valence-electron chi connectivity index (χ0n) is 12.2. The summed E-state index contributed by atoms with van der Waals surface area (Å²) in [6.45, 7) is 0.217. The van der Waals surface area contributed by atoms with Crippen LogP contribution >= 0.6 is 15.9 Å². The SMILES string of the molecule is COc1cc(OC)cc(C(=O)NCc2cc(F)cc(Br)c2)c1. The number of rotatable bonds is 5. The first-order valence-electron chi connectivity index (χ1n) is 6.48. The topological polar surface area (TPSA) is 47.6 Å². The van der Waals surface area contributed by atoms with E-state index in [1.165, 1.54) is 26.4 Å². The third-order valence-electron chi connectivity index (χ3n) is 2.99. The van der Waals surface area contributed by atoms with Gasteiger partial charge in [-0.25, -0.2) is 4.39 Å². The molecule has 0 heterocycles. The van der Waals surface area contributed by atoms with Gasteiger partial charge in [-0.05, 0) is 35.9 Å². The summed E-state index contributed by atoms with van der Waals surface area (Å²) < 4.78 is 24.2. The standard InChI is InChI=1S/C16H15BrFNO3/c1-21-14-5-11(6-15(8-14)22-2)16(20)19-9-10-3-12(17)7-13(18)4-10/h3-8H,9H2,1-2H3,(H,19,20). The van der Waals surface area contributed by atoms with Crippen LogP contribution in [0.25, 0.3) is 0 Å². The third kappa shape index (κ3) is 4.21. The Morgan fingerprint density at radius 2 is 1.73 bits per heavy atom. The molecule has 0 aliphatic rings. The average Bonchev–Trinajstić information content (AvgIpc) is 2.51. The minimum atomic E-state index is -0.360. The van der Waals surface area contributed by atoms with E-state index in [1.54, 1.807) is 24.3 Å². The fourth-order valence-electron chi connectivity index (χ4n) is 1.94. The first-order valence-corrected chi connectivity index (χ1v) is 7.27. The lowest BCUT2D eigenvalue weighted by molar-refractivity contribution is 0.0950. The molecule has 116 valence electrons. The van der Waals surface area contributed by atoms with Crippen LogP contribution in [-0.4, -0.2) is 20.1 Å². The highest BCUT2D eigenvalue weighted by atomic mass is 79.9. The summed E-state index contributed by atoms with van der Waals surface area (Å²) in [5, 5.41) is 2.73. The Labute approximate surface area is 136 Å². The van der Waals surface area contributed by atoms with E-state index in [4.69, 9.17) is 9.47 Å². The molecule has 0 saturated heterocycles. The van der Waals surface area contributed by atoms with Gasteiger partial charge in [-0.1, -0.05) is 15.9 Å². The molecular formula is C16H15BrFNO3. The van der Waals surface area contributed by atoms with Crippen LogP contribution in [0.1, 0.15) is 15.9 Å². The van der Waals surface area contributed by atoms with Crippen molar-refractivity contribution in [2.24, 2.45) is 0 Å². The van der Waals surface area contributed by atoms with Crippen LogP contribution in [0.3, 0.4) is 0 Å². The number of hydrogen-bond donors (Lipinski definition) is 1. The molecule has 2 aromatic rings. The smallest absolute Gasteiger partial charge is 0.251 e. The number of nitrogens with one attached hydrogen (secondary N) is 1. The lowest BCUT2D eigenvalue weighted by atomic mass is 10.1. The lowest BCUT2D eigenvalue weighted by Crippen LogP contribution is -2.23. The Kier molecular flexibility index (Phi) is 5.38. The predicted octanol–water partition coefficient (Wildman–Crippen LogP) is 3.54. The van der Waals surface area contributed by atoms with Gasteiger partial charge in [0.15, 0.2) is 0 Å². The van der Waals surface area contributed by atoms with Gasteiger partial charge in [0.1, 0.15) is 17.3 Å². The Morgan fingerprint density at radius 1 is 1.09 bits per heavy atom. The summed E-state index contributed by atoms with van der Waals surface area (Å²) >= 11 is 3.22. The predicted molar refractivity (Wildman–Crippen MR) is 84.8 cm³/mol. The van der Waals surface area contributed by atoms with Crippen molar-refractivity contribution in [3.05, 3.63) is 57.8 Å². The molecule has 0 aromatic heterocycles. The van der Waals surface area contributed by atoms with Gasteiger partial charge in [0.05, 0.1) is 14.2 Å². The van der Waals surface area contributed by atoms with Crippen molar-refractivity contribution in [3.8, 4) is 11.5 Å². The molecule has 0 spiro atoms. The van der Waals surface area contributed by atoms with Crippen LogP contribution < -0.4 is 14.8 Å². The van der Waals surface area contributed by atoms with E-state index in [0.29, 0.717) is 27.1 Å².